The fourth-order valence-electron chi connectivity index (χ4n) is 5.62. The molecule has 0 saturated heterocycles. The van der Waals surface area contributed by atoms with E-state index in [0.29, 0.717) is 13.2 Å². The summed E-state index contributed by atoms with van der Waals surface area (Å²) >= 11 is 0. The van der Waals surface area contributed by atoms with Crippen LogP contribution in [0.1, 0.15) is 24.8 Å². The largest absolute Gasteiger partial charge is 0.497 e. The molecule has 2 bridgehead atoms. The number of pyridine rings is 1. The second-order valence-electron chi connectivity index (χ2n) is 9.83. The van der Waals surface area contributed by atoms with Gasteiger partial charge in [-0.3, -0.25) is 4.18 Å². The Morgan fingerprint density at radius 2 is 1.71 bits per heavy atom. The van der Waals surface area contributed by atoms with Crippen molar-refractivity contribution in [3.63, 3.8) is 0 Å². The highest BCUT2D eigenvalue weighted by atomic mass is 32.2. The summed E-state index contributed by atoms with van der Waals surface area (Å²) in [4.78, 5) is 4.55. The molecular weight excluding hydrogens is 468 g/mol. The third-order valence-electron chi connectivity index (χ3n) is 7.07. The van der Waals surface area contributed by atoms with Crippen LogP contribution in [0.2, 0.25) is 0 Å². The van der Waals surface area contributed by atoms with Gasteiger partial charge in [0.05, 0.1) is 33.7 Å². The predicted octanol–water partition coefficient (Wildman–Crippen LogP) is 4.39. The van der Waals surface area contributed by atoms with Gasteiger partial charge in [-0.25, -0.2) is 4.98 Å². The van der Waals surface area contributed by atoms with Gasteiger partial charge in [-0.2, -0.15) is 8.42 Å². The number of hydrogen-bond acceptors (Lipinski definition) is 8. The summed E-state index contributed by atoms with van der Waals surface area (Å²) in [6, 6.07) is 13.7. The SMILES string of the molecule is COc1ccc(CNc2nccc3c(OCC45CC(COS(C)(=O)=O)(C4)C5)cccc23)c(OC)c1. The lowest BCUT2D eigenvalue weighted by atomic mass is 9.36. The maximum atomic E-state index is 11.3. The summed E-state index contributed by atoms with van der Waals surface area (Å²) in [5.74, 6) is 3.09. The van der Waals surface area contributed by atoms with Crippen LogP contribution >= 0.6 is 0 Å². The van der Waals surface area contributed by atoms with Crippen molar-refractivity contribution in [1.82, 2.24) is 4.98 Å². The molecule has 6 rings (SSSR count). The maximum absolute atomic E-state index is 11.3. The van der Waals surface area contributed by atoms with Gasteiger partial charge in [-0.15, -0.1) is 0 Å². The molecule has 0 amide bonds. The highest BCUT2D eigenvalue weighted by molar-refractivity contribution is 7.85. The van der Waals surface area contributed by atoms with Crippen molar-refractivity contribution in [3.8, 4) is 17.2 Å². The first-order valence-corrected chi connectivity index (χ1v) is 13.4. The van der Waals surface area contributed by atoms with Gasteiger partial charge in [-0.05, 0) is 48.9 Å². The normalized spacial score (nSPS) is 22.7. The lowest BCUT2D eigenvalue weighted by Crippen LogP contribution is -2.66. The Morgan fingerprint density at radius 1 is 0.943 bits per heavy atom. The molecule has 0 radical (unpaired) electrons. The summed E-state index contributed by atoms with van der Waals surface area (Å²) in [5, 5.41) is 5.40. The molecule has 1 N–H and O–H groups in total. The van der Waals surface area contributed by atoms with Gasteiger partial charge in [0, 0.05) is 40.6 Å². The van der Waals surface area contributed by atoms with Crippen molar-refractivity contribution in [2.75, 3.05) is 39.0 Å². The van der Waals surface area contributed by atoms with Crippen molar-refractivity contribution in [2.24, 2.45) is 10.8 Å². The molecule has 2 aromatic carbocycles. The molecule has 0 aliphatic heterocycles. The van der Waals surface area contributed by atoms with Crippen LogP contribution in [0.5, 0.6) is 17.2 Å². The van der Waals surface area contributed by atoms with Crippen LogP contribution in [0, 0.1) is 10.8 Å². The smallest absolute Gasteiger partial charge is 0.264 e. The Bertz CT molecular complexity index is 1340. The van der Waals surface area contributed by atoms with Crippen LogP contribution in [0.3, 0.4) is 0 Å². The molecule has 0 unspecified atom stereocenters. The van der Waals surface area contributed by atoms with E-state index in [0.717, 1.165) is 64.9 Å². The monoisotopic (exact) mass is 498 g/mol. The highest BCUT2D eigenvalue weighted by Crippen LogP contribution is 2.73. The third kappa shape index (κ3) is 4.75. The molecule has 3 aliphatic carbocycles. The number of ether oxygens (including phenoxy) is 3. The standard InChI is InChI=1S/C26H30N2O6S/c1-31-19-8-7-18(23(11-19)32-2)12-28-24-21-5-4-6-22(20(21)9-10-27-24)33-16-25-13-26(14-25,15-25)17-34-35(3,29)30/h4-11H,12-17H2,1-3H3,(H,27,28). The van der Waals surface area contributed by atoms with Crippen molar-refractivity contribution in [2.45, 2.75) is 25.8 Å². The minimum absolute atomic E-state index is 0.00865. The van der Waals surface area contributed by atoms with Crippen molar-refractivity contribution in [1.29, 1.82) is 0 Å². The zero-order valence-electron chi connectivity index (χ0n) is 20.2. The number of hydrogen-bond donors (Lipinski definition) is 1. The average molecular weight is 499 g/mol. The Kier molecular flexibility index (Phi) is 6.01. The van der Waals surface area contributed by atoms with Crippen LogP contribution < -0.4 is 19.5 Å². The van der Waals surface area contributed by atoms with Crippen LogP contribution in [0.4, 0.5) is 5.82 Å². The Hall–Kier alpha value is -3.04. The van der Waals surface area contributed by atoms with E-state index >= 15 is 0 Å². The molecule has 1 aromatic heterocycles. The minimum atomic E-state index is -3.40. The van der Waals surface area contributed by atoms with Gasteiger partial charge in [0.15, 0.2) is 0 Å². The second-order valence-corrected chi connectivity index (χ2v) is 11.5. The number of nitrogens with one attached hydrogen (secondary N) is 1. The van der Waals surface area contributed by atoms with Crippen LogP contribution in [0.15, 0.2) is 48.7 Å². The van der Waals surface area contributed by atoms with E-state index in [2.05, 4.69) is 10.3 Å². The minimum Gasteiger partial charge on any atom is -0.497 e. The number of fused-ring (bicyclic) bond motifs is 1. The summed E-state index contributed by atoms with van der Waals surface area (Å²) in [6.07, 6.45) is 5.71. The van der Waals surface area contributed by atoms with Crippen molar-refractivity contribution >= 4 is 26.7 Å². The predicted molar refractivity (Wildman–Crippen MR) is 134 cm³/mol. The lowest BCUT2D eigenvalue weighted by molar-refractivity contribution is -0.231. The van der Waals surface area contributed by atoms with E-state index in [4.69, 9.17) is 18.4 Å². The number of rotatable bonds is 11. The summed E-state index contributed by atoms with van der Waals surface area (Å²) in [7, 11) is -0.124. The number of benzene rings is 2. The second kappa shape index (κ2) is 8.87. The highest BCUT2D eigenvalue weighted by Gasteiger charge is 2.68. The first kappa shape index (κ1) is 23.7. The van der Waals surface area contributed by atoms with Crippen molar-refractivity contribution < 1.29 is 26.8 Å². The van der Waals surface area contributed by atoms with Gasteiger partial charge in [0.2, 0.25) is 0 Å². The van der Waals surface area contributed by atoms with Gasteiger partial charge >= 0.3 is 0 Å². The van der Waals surface area contributed by atoms with E-state index in [1.54, 1.807) is 20.4 Å². The molecular formula is C26H30N2O6S. The molecule has 0 atom stereocenters. The Balaban J connectivity index is 1.25. The number of nitrogens with zero attached hydrogens (tertiary/aromatic N) is 1. The number of anilines is 1. The first-order valence-electron chi connectivity index (χ1n) is 11.5. The van der Waals surface area contributed by atoms with E-state index in [1.165, 1.54) is 0 Å². The van der Waals surface area contributed by atoms with Gasteiger partial charge in [0.25, 0.3) is 10.1 Å². The van der Waals surface area contributed by atoms with E-state index < -0.39 is 10.1 Å². The van der Waals surface area contributed by atoms with E-state index in [1.807, 2.05) is 42.5 Å². The molecule has 3 saturated carbocycles. The summed E-state index contributed by atoms with van der Waals surface area (Å²) in [6.45, 7) is 1.44. The summed E-state index contributed by atoms with van der Waals surface area (Å²) < 4.78 is 44.7. The van der Waals surface area contributed by atoms with Crippen LogP contribution in [0.25, 0.3) is 10.8 Å². The van der Waals surface area contributed by atoms with Gasteiger partial charge < -0.3 is 19.5 Å². The molecule has 35 heavy (non-hydrogen) atoms. The average Bonchev–Trinajstić information content (AvgIpc) is 2.80. The zero-order chi connectivity index (χ0) is 24.7. The van der Waals surface area contributed by atoms with E-state index in [-0.39, 0.29) is 17.4 Å². The lowest BCUT2D eigenvalue weighted by Gasteiger charge is -2.70. The zero-order valence-corrected chi connectivity index (χ0v) is 21.0. The molecule has 9 heteroatoms. The summed E-state index contributed by atoms with van der Waals surface area (Å²) in [5.41, 5.74) is 1.13. The molecule has 0 spiro atoms. The van der Waals surface area contributed by atoms with Crippen LogP contribution in [-0.4, -0.2) is 47.1 Å². The molecule has 3 fully saturated rings. The van der Waals surface area contributed by atoms with E-state index in [9.17, 15) is 8.42 Å². The van der Waals surface area contributed by atoms with Crippen molar-refractivity contribution in [3.05, 3.63) is 54.2 Å². The maximum Gasteiger partial charge on any atom is 0.264 e. The first-order chi connectivity index (χ1) is 16.7. The molecule has 1 heterocycles. The third-order valence-corrected chi connectivity index (χ3v) is 7.62. The molecule has 186 valence electrons. The van der Waals surface area contributed by atoms with Gasteiger partial charge in [0.1, 0.15) is 23.1 Å². The van der Waals surface area contributed by atoms with Crippen LogP contribution in [-0.2, 0) is 20.8 Å². The number of methoxy groups -OCH3 is 2. The molecule has 3 aromatic rings. The molecule has 8 nitrogen and oxygen atoms in total. The topological polar surface area (TPSA) is 96.0 Å². The molecule has 3 aliphatic rings. The Labute approximate surface area is 205 Å². The quantitative estimate of drug-likeness (QED) is 0.389. The fourth-order valence-corrected chi connectivity index (χ4v) is 6.09. The van der Waals surface area contributed by atoms with Gasteiger partial charge in [-0.1, -0.05) is 12.1 Å². The number of aromatic nitrogens is 1. The Morgan fingerprint density at radius 3 is 2.43 bits per heavy atom. The fraction of sp³-hybridized carbons (Fsp3) is 0.423.